The number of halogens is 1. The van der Waals surface area contributed by atoms with Crippen LogP contribution in [0.25, 0.3) is 0 Å². The minimum Gasteiger partial charge on any atom is -0.454 e. The lowest BCUT2D eigenvalue weighted by atomic mass is 10.2. The van der Waals surface area contributed by atoms with Crippen molar-refractivity contribution in [2.75, 3.05) is 12.1 Å². The van der Waals surface area contributed by atoms with Gasteiger partial charge in [0.05, 0.1) is 12.1 Å². The molecular formula is C20H16FN3O4S. The second-order valence-corrected chi connectivity index (χ2v) is 7.10. The van der Waals surface area contributed by atoms with Crippen molar-refractivity contribution in [1.82, 2.24) is 10.3 Å². The van der Waals surface area contributed by atoms with Gasteiger partial charge in [-0.25, -0.2) is 9.37 Å². The average molecular weight is 413 g/mol. The fourth-order valence-corrected chi connectivity index (χ4v) is 3.39. The summed E-state index contributed by atoms with van der Waals surface area (Å²) in [4.78, 5) is 28.7. The molecule has 4 rings (SSSR count). The molecule has 9 heteroatoms. The van der Waals surface area contributed by atoms with E-state index in [1.807, 2.05) is 0 Å². The van der Waals surface area contributed by atoms with Crippen LogP contribution in [0.4, 0.5) is 9.52 Å². The monoisotopic (exact) mass is 413 g/mol. The van der Waals surface area contributed by atoms with Gasteiger partial charge in [0.1, 0.15) is 5.82 Å². The van der Waals surface area contributed by atoms with Crippen molar-refractivity contribution >= 4 is 28.3 Å². The molecular weight excluding hydrogens is 397 g/mol. The Bertz CT molecular complexity index is 1050. The molecule has 0 fully saturated rings. The molecule has 0 aliphatic carbocycles. The highest BCUT2D eigenvalue weighted by atomic mass is 32.1. The van der Waals surface area contributed by atoms with E-state index < -0.39 is 0 Å². The van der Waals surface area contributed by atoms with Crippen LogP contribution in [0.3, 0.4) is 0 Å². The van der Waals surface area contributed by atoms with E-state index in [4.69, 9.17) is 9.47 Å². The summed E-state index contributed by atoms with van der Waals surface area (Å²) in [6, 6.07) is 10.8. The zero-order valence-electron chi connectivity index (χ0n) is 15.1. The summed E-state index contributed by atoms with van der Waals surface area (Å²) < 4.78 is 23.4. The second kappa shape index (κ2) is 8.27. The number of benzene rings is 2. The lowest BCUT2D eigenvalue weighted by Crippen LogP contribution is -2.24. The van der Waals surface area contributed by atoms with Gasteiger partial charge in [-0.3, -0.25) is 14.9 Å². The second-order valence-electron chi connectivity index (χ2n) is 6.25. The number of hydrogen-bond donors (Lipinski definition) is 2. The molecule has 0 atom stereocenters. The maximum absolute atomic E-state index is 12.9. The van der Waals surface area contributed by atoms with Crippen LogP contribution in [0, 0.1) is 5.82 Å². The van der Waals surface area contributed by atoms with Crippen LogP contribution in [-0.2, 0) is 17.8 Å². The van der Waals surface area contributed by atoms with Crippen molar-refractivity contribution in [1.29, 1.82) is 0 Å². The van der Waals surface area contributed by atoms with Crippen LogP contribution < -0.4 is 20.1 Å². The Balaban J connectivity index is 1.30. The number of amides is 2. The number of hydrogen-bond acceptors (Lipinski definition) is 6. The normalized spacial score (nSPS) is 11.9. The highest BCUT2D eigenvalue weighted by molar-refractivity contribution is 7.14. The summed E-state index contributed by atoms with van der Waals surface area (Å²) in [5.41, 5.74) is 1.77. The van der Waals surface area contributed by atoms with Crippen LogP contribution in [0.2, 0.25) is 0 Å². The number of carbonyl (C=O) groups excluding carboxylic acids is 2. The highest BCUT2D eigenvalue weighted by Gasteiger charge is 2.17. The molecule has 1 aliphatic rings. The van der Waals surface area contributed by atoms with E-state index in [-0.39, 0.29) is 30.8 Å². The smallest absolute Gasteiger partial charge is 0.257 e. The Morgan fingerprint density at radius 1 is 1.10 bits per heavy atom. The summed E-state index contributed by atoms with van der Waals surface area (Å²) in [5, 5.41) is 7.58. The Kier molecular flexibility index (Phi) is 5.39. The Labute approximate surface area is 169 Å². The van der Waals surface area contributed by atoms with Gasteiger partial charge in [0.25, 0.3) is 5.91 Å². The molecule has 0 saturated carbocycles. The van der Waals surface area contributed by atoms with E-state index in [9.17, 15) is 14.0 Å². The van der Waals surface area contributed by atoms with Gasteiger partial charge in [-0.05, 0) is 35.9 Å². The molecule has 148 valence electrons. The van der Waals surface area contributed by atoms with E-state index in [0.29, 0.717) is 34.4 Å². The lowest BCUT2D eigenvalue weighted by Gasteiger charge is -2.04. The zero-order valence-corrected chi connectivity index (χ0v) is 15.9. The topological polar surface area (TPSA) is 89.6 Å². The van der Waals surface area contributed by atoms with Crippen LogP contribution in [0.1, 0.15) is 21.6 Å². The first kappa shape index (κ1) is 18.9. The van der Waals surface area contributed by atoms with Crippen molar-refractivity contribution in [3.8, 4) is 11.5 Å². The van der Waals surface area contributed by atoms with E-state index in [1.54, 1.807) is 35.7 Å². The minimum atomic E-state index is -0.329. The summed E-state index contributed by atoms with van der Waals surface area (Å²) in [7, 11) is 0. The van der Waals surface area contributed by atoms with E-state index in [2.05, 4.69) is 15.6 Å². The van der Waals surface area contributed by atoms with Gasteiger partial charge >= 0.3 is 0 Å². The number of nitrogens with one attached hydrogen (secondary N) is 2. The standard InChI is InChI=1S/C20H16FN3O4S/c21-14-4-1-12(2-5-14)9-22-18(25)8-15-10-29-20(23-15)24-19(26)13-3-6-16-17(7-13)28-11-27-16/h1-7,10H,8-9,11H2,(H,22,25)(H,23,24,26). The minimum absolute atomic E-state index is 0.0809. The quantitative estimate of drug-likeness (QED) is 0.648. The third kappa shape index (κ3) is 4.69. The van der Waals surface area contributed by atoms with Gasteiger partial charge in [-0.15, -0.1) is 11.3 Å². The molecule has 2 aromatic carbocycles. The predicted octanol–water partition coefficient (Wildman–Crippen LogP) is 3.12. The van der Waals surface area contributed by atoms with Crippen LogP contribution in [-0.4, -0.2) is 23.6 Å². The van der Waals surface area contributed by atoms with E-state index in [1.165, 1.54) is 23.5 Å². The first-order valence-corrected chi connectivity index (χ1v) is 9.61. The molecule has 0 spiro atoms. The van der Waals surface area contributed by atoms with Crippen molar-refractivity contribution in [2.24, 2.45) is 0 Å². The number of nitrogens with zero attached hydrogens (tertiary/aromatic N) is 1. The Hall–Kier alpha value is -3.46. The van der Waals surface area contributed by atoms with Gasteiger partial charge < -0.3 is 14.8 Å². The van der Waals surface area contributed by atoms with E-state index in [0.717, 1.165) is 5.56 Å². The van der Waals surface area contributed by atoms with E-state index >= 15 is 0 Å². The number of rotatable bonds is 6. The maximum Gasteiger partial charge on any atom is 0.257 e. The van der Waals surface area contributed by atoms with Crippen molar-refractivity contribution < 1.29 is 23.5 Å². The molecule has 2 N–H and O–H groups in total. The molecule has 29 heavy (non-hydrogen) atoms. The third-order valence-electron chi connectivity index (χ3n) is 4.15. The molecule has 3 aromatic rings. The van der Waals surface area contributed by atoms with Crippen molar-refractivity contribution in [3.63, 3.8) is 0 Å². The number of anilines is 1. The number of thiazole rings is 1. The summed E-state index contributed by atoms with van der Waals surface area (Å²) in [6.07, 6.45) is 0.0809. The molecule has 2 heterocycles. The third-order valence-corrected chi connectivity index (χ3v) is 4.96. The number of fused-ring (bicyclic) bond motifs is 1. The van der Waals surface area contributed by atoms with Crippen molar-refractivity contribution in [3.05, 3.63) is 70.5 Å². The van der Waals surface area contributed by atoms with Crippen molar-refractivity contribution in [2.45, 2.75) is 13.0 Å². The van der Waals surface area contributed by atoms with Crippen LogP contribution in [0.15, 0.2) is 47.8 Å². The van der Waals surface area contributed by atoms with Gasteiger partial charge in [0, 0.05) is 17.5 Å². The molecule has 0 saturated heterocycles. The zero-order chi connectivity index (χ0) is 20.2. The van der Waals surface area contributed by atoms with Crippen LogP contribution >= 0.6 is 11.3 Å². The van der Waals surface area contributed by atoms with Gasteiger partial charge in [0.15, 0.2) is 16.6 Å². The number of carbonyl (C=O) groups is 2. The summed E-state index contributed by atoms with van der Waals surface area (Å²) >= 11 is 1.24. The fraction of sp³-hybridized carbons (Fsp3) is 0.150. The van der Waals surface area contributed by atoms with Crippen LogP contribution in [0.5, 0.6) is 11.5 Å². The fourth-order valence-electron chi connectivity index (χ4n) is 2.68. The summed E-state index contributed by atoms with van der Waals surface area (Å²) in [6.45, 7) is 0.441. The molecule has 1 aromatic heterocycles. The summed E-state index contributed by atoms with van der Waals surface area (Å²) in [5.74, 6) is 0.260. The largest absolute Gasteiger partial charge is 0.454 e. The maximum atomic E-state index is 12.9. The number of aromatic nitrogens is 1. The number of ether oxygens (including phenoxy) is 2. The molecule has 1 aliphatic heterocycles. The molecule has 7 nitrogen and oxygen atoms in total. The Morgan fingerprint density at radius 2 is 1.90 bits per heavy atom. The molecule has 0 bridgehead atoms. The van der Waals surface area contributed by atoms with Gasteiger partial charge in [-0.1, -0.05) is 12.1 Å². The van der Waals surface area contributed by atoms with Gasteiger partial charge in [0.2, 0.25) is 12.7 Å². The first-order chi connectivity index (χ1) is 14.1. The lowest BCUT2D eigenvalue weighted by molar-refractivity contribution is -0.120. The Morgan fingerprint density at radius 3 is 2.72 bits per heavy atom. The van der Waals surface area contributed by atoms with Gasteiger partial charge in [-0.2, -0.15) is 0 Å². The molecule has 2 amide bonds. The first-order valence-electron chi connectivity index (χ1n) is 8.73. The highest BCUT2D eigenvalue weighted by Crippen LogP contribution is 2.32. The predicted molar refractivity (Wildman–Crippen MR) is 105 cm³/mol. The molecule has 0 unspecified atom stereocenters. The average Bonchev–Trinajstić information content (AvgIpc) is 3.36. The molecule has 0 radical (unpaired) electrons. The SMILES string of the molecule is O=C(Cc1csc(NC(=O)c2ccc3c(c2)OCO3)n1)NCc1ccc(F)cc1.